The van der Waals surface area contributed by atoms with Gasteiger partial charge in [0, 0.05) is 43.6 Å². The molecule has 92 valence electrons. The van der Waals surface area contributed by atoms with Gasteiger partial charge in [0.2, 0.25) is 0 Å². The molecular formula is C13H19N3O. The van der Waals surface area contributed by atoms with E-state index in [4.69, 9.17) is 0 Å². The van der Waals surface area contributed by atoms with Crippen LogP contribution in [0.4, 0.5) is 0 Å². The lowest BCUT2D eigenvalue weighted by Gasteiger charge is -2.34. The number of aryl methyl sites for hydroxylation is 1. The van der Waals surface area contributed by atoms with Gasteiger partial charge in [-0.2, -0.15) is 0 Å². The molecule has 0 bridgehead atoms. The number of hydrogen-bond donors (Lipinski definition) is 0. The molecule has 17 heavy (non-hydrogen) atoms. The SMILES string of the molecule is CCN1CCN(C(=O)c2ccnc(C)c2)CC1. The number of likely N-dealkylation sites (N-methyl/N-ethyl adjacent to an activating group) is 1. The maximum absolute atomic E-state index is 12.2. The van der Waals surface area contributed by atoms with Crippen molar-refractivity contribution in [3.8, 4) is 0 Å². The number of hydrogen-bond acceptors (Lipinski definition) is 3. The Labute approximate surface area is 102 Å². The Morgan fingerprint density at radius 3 is 2.65 bits per heavy atom. The number of amides is 1. The summed E-state index contributed by atoms with van der Waals surface area (Å²) in [5.41, 5.74) is 1.64. The predicted molar refractivity (Wildman–Crippen MR) is 67.0 cm³/mol. The lowest BCUT2D eigenvalue weighted by molar-refractivity contribution is 0.0643. The second-order valence-electron chi connectivity index (χ2n) is 4.41. The standard InChI is InChI=1S/C13H19N3O/c1-3-15-6-8-16(9-7-15)13(17)12-4-5-14-11(2)10-12/h4-5,10H,3,6-9H2,1-2H3. The molecule has 0 spiro atoms. The zero-order valence-electron chi connectivity index (χ0n) is 10.5. The monoisotopic (exact) mass is 233 g/mol. The van der Waals surface area contributed by atoms with Crippen LogP contribution in [0.1, 0.15) is 23.0 Å². The molecule has 0 atom stereocenters. The molecule has 2 rings (SSSR count). The van der Waals surface area contributed by atoms with Crippen LogP contribution >= 0.6 is 0 Å². The van der Waals surface area contributed by atoms with Gasteiger partial charge >= 0.3 is 0 Å². The number of rotatable bonds is 2. The summed E-state index contributed by atoms with van der Waals surface area (Å²) in [4.78, 5) is 20.6. The van der Waals surface area contributed by atoms with Crippen molar-refractivity contribution < 1.29 is 4.79 Å². The average molecular weight is 233 g/mol. The fourth-order valence-corrected chi connectivity index (χ4v) is 2.13. The predicted octanol–water partition coefficient (Wildman–Crippen LogP) is 1.17. The summed E-state index contributed by atoms with van der Waals surface area (Å²) in [6, 6.07) is 3.65. The molecule has 1 saturated heterocycles. The van der Waals surface area contributed by atoms with E-state index >= 15 is 0 Å². The van der Waals surface area contributed by atoms with Crippen molar-refractivity contribution in [1.29, 1.82) is 0 Å². The average Bonchev–Trinajstić information content (AvgIpc) is 2.38. The Balaban J connectivity index is 2.02. The van der Waals surface area contributed by atoms with Crippen LogP contribution in [0.25, 0.3) is 0 Å². The van der Waals surface area contributed by atoms with E-state index in [1.165, 1.54) is 0 Å². The number of aromatic nitrogens is 1. The first-order valence-electron chi connectivity index (χ1n) is 6.15. The molecule has 1 aliphatic heterocycles. The van der Waals surface area contributed by atoms with Crippen molar-refractivity contribution in [3.63, 3.8) is 0 Å². The lowest BCUT2D eigenvalue weighted by atomic mass is 10.2. The summed E-state index contributed by atoms with van der Waals surface area (Å²) in [6.07, 6.45) is 1.70. The highest BCUT2D eigenvalue weighted by Crippen LogP contribution is 2.09. The highest BCUT2D eigenvalue weighted by molar-refractivity contribution is 5.94. The third-order valence-electron chi connectivity index (χ3n) is 3.25. The second kappa shape index (κ2) is 5.27. The van der Waals surface area contributed by atoms with Crippen LogP contribution in [0.3, 0.4) is 0 Å². The van der Waals surface area contributed by atoms with Gasteiger partial charge in [-0.15, -0.1) is 0 Å². The van der Waals surface area contributed by atoms with Gasteiger partial charge in [0.05, 0.1) is 0 Å². The lowest BCUT2D eigenvalue weighted by Crippen LogP contribution is -2.48. The van der Waals surface area contributed by atoms with Gasteiger partial charge in [-0.25, -0.2) is 0 Å². The molecule has 1 fully saturated rings. The molecule has 1 aromatic rings. The Hall–Kier alpha value is -1.42. The molecule has 2 heterocycles. The number of nitrogens with zero attached hydrogens (tertiary/aromatic N) is 3. The first-order valence-corrected chi connectivity index (χ1v) is 6.15. The van der Waals surface area contributed by atoms with E-state index in [9.17, 15) is 4.79 Å². The first-order chi connectivity index (χ1) is 8.20. The third-order valence-corrected chi connectivity index (χ3v) is 3.25. The topological polar surface area (TPSA) is 36.4 Å². The van der Waals surface area contributed by atoms with Crippen molar-refractivity contribution in [2.75, 3.05) is 32.7 Å². The summed E-state index contributed by atoms with van der Waals surface area (Å²) < 4.78 is 0. The van der Waals surface area contributed by atoms with Gasteiger partial charge in [0.1, 0.15) is 0 Å². The van der Waals surface area contributed by atoms with Crippen LogP contribution in [-0.4, -0.2) is 53.4 Å². The number of piperazine rings is 1. The molecular weight excluding hydrogens is 214 g/mol. The van der Waals surface area contributed by atoms with Crippen molar-refractivity contribution >= 4 is 5.91 Å². The van der Waals surface area contributed by atoms with Crippen LogP contribution in [0.2, 0.25) is 0 Å². The zero-order chi connectivity index (χ0) is 12.3. The van der Waals surface area contributed by atoms with Crippen LogP contribution in [0, 0.1) is 6.92 Å². The van der Waals surface area contributed by atoms with E-state index < -0.39 is 0 Å². The minimum atomic E-state index is 0.131. The summed E-state index contributed by atoms with van der Waals surface area (Å²) in [6.45, 7) is 8.74. The van der Waals surface area contributed by atoms with Crippen LogP contribution in [0.15, 0.2) is 18.3 Å². The van der Waals surface area contributed by atoms with E-state index in [0.717, 1.165) is 44.0 Å². The molecule has 0 aliphatic carbocycles. The Kier molecular flexibility index (Phi) is 3.74. The normalized spacial score (nSPS) is 17.2. The quantitative estimate of drug-likeness (QED) is 0.769. The molecule has 1 amide bonds. The molecule has 0 N–H and O–H groups in total. The van der Waals surface area contributed by atoms with Gasteiger partial charge in [0.15, 0.2) is 0 Å². The third kappa shape index (κ3) is 2.82. The Bertz CT molecular complexity index is 397. The summed E-state index contributed by atoms with van der Waals surface area (Å²) in [5.74, 6) is 0.131. The Morgan fingerprint density at radius 1 is 1.35 bits per heavy atom. The van der Waals surface area contributed by atoms with Crippen molar-refractivity contribution in [3.05, 3.63) is 29.6 Å². The maximum Gasteiger partial charge on any atom is 0.254 e. The highest BCUT2D eigenvalue weighted by atomic mass is 16.2. The van der Waals surface area contributed by atoms with Gasteiger partial charge in [-0.1, -0.05) is 6.92 Å². The fraction of sp³-hybridized carbons (Fsp3) is 0.538. The second-order valence-corrected chi connectivity index (χ2v) is 4.41. The van der Waals surface area contributed by atoms with Gasteiger partial charge in [-0.05, 0) is 25.6 Å². The maximum atomic E-state index is 12.2. The van der Waals surface area contributed by atoms with Crippen molar-refractivity contribution in [2.24, 2.45) is 0 Å². The highest BCUT2D eigenvalue weighted by Gasteiger charge is 2.21. The molecule has 0 radical (unpaired) electrons. The smallest absolute Gasteiger partial charge is 0.254 e. The molecule has 1 aromatic heterocycles. The molecule has 1 aliphatic rings. The number of carbonyl (C=O) groups is 1. The first kappa shape index (κ1) is 12.0. The molecule has 4 nitrogen and oxygen atoms in total. The van der Waals surface area contributed by atoms with E-state index in [2.05, 4.69) is 16.8 Å². The minimum Gasteiger partial charge on any atom is -0.336 e. The molecule has 4 heteroatoms. The summed E-state index contributed by atoms with van der Waals surface area (Å²) in [5, 5.41) is 0. The Morgan fingerprint density at radius 2 is 2.06 bits per heavy atom. The van der Waals surface area contributed by atoms with Crippen LogP contribution < -0.4 is 0 Å². The molecule has 0 unspecified atom stereocenters. The van der Waals surface area contributed by atoms with Crippen molar-refractivity contribution in [2.45, 2.75) is 13.8 Å². The van der Waals surface area contributed by atoms with Gasteiger partial charge in [-0.3, -0.25) is 9.78 Å². The molecule has 0 aromatic carbocycles. The van der Waals surface area contributed by atoms with Gasteiger partial charge in [0.25, 0.3) is 5.91 Å². The van der Waals surface area contributed by atoms with E-state index in [-0.39, 0.29) is 5.91 Å². The van der Waals surface area contributed by atoms with Crippen molar-refractivity contribution in [1.82, 2.24) is 14.8 Å². The van der Waals surface area contributed by atoms with E-state index in [0.29, 0.717) is 0 Å². The van der Waals surface area contributed by atoms with Crippen LogP contribution in [0.5, 0.6) is 0 Å². The molecule has 0 saturated carbocycles. The summed E-state index contributed by atoms with van der Waals surface area (Å²) in [7, 11) is 0. The summed E-state index contributed by atoms with van der Waals surface area (Å²) >= 11 is 0. The fourth-order valence-electron chi connectivity index (χ4n) is 2.13. The number of carbonyl (C=O) groups excluding carboxylic acids is 1. The van der Waals surface area contributed by atoms with E-state index in [1.54, 1.807) is 12.3 Å². The largest absolute Gasteiger partial charge is 0.336 e. The number of pyridine rings is 1. The van der Waals surface area contributed by atoms with Gasteiger partial charge < -0.3 is 9.80 Å². The van der Waals surface area contributed by atoms with Crippen LogP contribution in [-0.2, 0) is 0 Å². The zero-order valence-corrected chi connectivity index (χ0v) is 10.5. The minimum absolute atomic E-state index is 0.131. The van der Waals surface area contributed by atoms with E-state index in [1.807, 2.05) is 17.9 Å².